The van der Waals surface area contributed by atoms with E-state index in [1.54, 1.807) is 0 Å². The molecule has 0 bridgehead atoms. The van der Waals surface area contributed by atoms with E-state index >= 15 is 0 Å². The van der Waals surface area contributed by atoms with Crippen molar-refractivity contribution >= 4 is 49.5 Å². The van der Waals surface area contributed by atoms with Gasteiger partial charge in [0.05, 0.1) is 16.3 Å². The number of hydrazine groups is 1. The topological polar surface area (TPSA) is 216 Å². The summed E-state index contributed by atoms with van der Waals surface area (Å²) in [7, 11) is -4.45. The molecule has 1 atom stereocenters. The first kappa shape index (κ1) is 22.2. The van der Waals surface area contributed by atoms with E-state index in [1.165, 1.54) is 30.3 Å². The molecule has 4 rings (SSSR count). The summed E-state index contributed by atoms with van der Waals surface area (Å²) in [5, 5.41) is 42.3. The van der Waals surface area contributed by atoms with Crippen LogP contribution in [0, 0.1) is 25.4 Å². The van der Waals surface area contributed by atoms with Gasteiger partial charge in [-0.1, -0.05) is 12.1 Å². The first-order chi connectivity index (χ1) is 15.4. The molecule has 3 aromatic carbocycles. The lowest BCUT2D eigenvalue weighted by molar-refractivity contribution is -0.387. The quantitative estimate of drug-likeness (QED) is 0.178. The number of benzene rings is 3. The van der Waals surface area contributed by atoms with Crippen molar-refractivity contribution in [2.24, 2.45) is 11.0 Å². The Kier molecular flexibility index (Phi) is 4.88. The largest absolute Gasteiger partial charge is 0.592 e. The van der Waals surface area contributed by atoms with Crippen LogP contribution in [0.15, 0.2) is 53.4 Å². The van der Waals surface area contributed by atoms with Crippen molar-refractivity contribution < 1.29 is 23.1 Å². The van der Waals surface area contributed by atoms with Crippen molar-refractivity contribution in [1.29, 1.82) is 0 Å². The number of rotatable bonds is 5. The van der Waals surface area contributed by atoms with Crippen LogP contribution in [0.3, 0.4) is 0 Å². The number of nitrogens with zero attached hydrogens (tertiary/aromatic N) is 4. The first-order valence-electron chi connectivity index (χ1n) is 9.07. The van der Waals surface area contributed by atoms with Crippen molar-refractivity contribution in [3.8, 4) is 0 Å². The molecule has 14 nitrogen and oxygen atoms in total. The molecule has 15 heteroatoms. The average molecular weight is 474 g/mol. The number of nitrogens with two attached hydrogens (primary N) is 2. The van der Waals surface area contributed by atoms with E-state index in [-0.39, 0.29) is 27.7 Å². The smallest absolute Gasteiger partial charge is 0.349 e. The summed E-state index contributed by atoms with van der Waals surface area (Å²) in [6.45, 7) is 0. The number of nitro benzene ring substituents is 2. The molecule has 0 aliphatic carbocycles. The Balaban J connectivity index is 1.97. The molecule has 1 aliphatic heterocycles. The number of anilines is 1. The van der Waals surface area contributed by atoms with E-state index in [9.17, 15) is 38.6 Å². The van der Waals surface area contributed by atoms with Gasteiger partial charge < -0.3 is 5.21 Å². The Morgan fingerprint density at radius 3 is 2.24 bits per heavy atom. The summed E-state index contributed by atoms with van der Waals surface area (Å²) in [6, 6.07) is 9.46. The molecule has 0 radical (unpaired) electrons. The van der Waals surface area contributed by atoms with E-state index in [4.69, 9.17) is 11.0 Å². The average Bonchev–Trinajstić information content (AvgIpc) is 3.02. The number of hydrogen-bond donors (Lipinski definition) is 2. The zero-order valence-electron chi connectivity index (χ0n) is 16.4. The molecule has 0 aromatic heterocycles. The van der Waals surface area contributed by atoms with Crippen molar-refractivity contribution in [2.75, 3.05) is 5.12 Å². The fraction of sp³-hybridized carbons (Fsp3) is 0.0556. The molecule has 0 spiro atoms. The van der Waals surface area contributed by atoms with Crippen LogP contribution in [0.1, 0.15) is 5.56 Å². The minimum atomic E-state index is -4.45. The minimum Gasteiger partial charge on any atom is -0.592 e. The van der Waals surface area contributed by atoms with E-state index in [2.05, 4.69) is 0 Å². The van der Waals surface area contributed by atoms with Gasteiger partial charge in [-0.3, -0.25) is 20.2 Å². The number of nitro groups is 2. The van der Waals surface area contributed by atoms with Gasteiger partial charge in [0, 0.05) is 23.8 Å². The number of hydroxylamine groups is 1. The molecule has 0 saturated heterocycles. The summed E-state index contributed by atoms with van der Waals surface area (Å²) >= 11 is 0. The maximum absolute atomic E-state index is 13.7. The Bertz CT molecular complexity index is 1490. The summed E-state index contributed by atoms with van der Waals surface area (Å²) < 4.78 is 21.7. The van der Waals surface area contributed by atoms with Crippen LogP contribution >= 0.6 is 0 Å². The van der Waals surface area contributed by atoms with Gasteiger partial charge in [0.15, 0.2) is 16.3 Å². The summed E-state index contributed by atoms with van der Waals surface area (Å²) in [5.74, 6) is 4.94. The number of amides is 1. The van der Waals surface area contributed by atoms with Crippen LogP contribution in [0.25, 0.3) is 10.8 Å². The second-order valence-electron chi connectivity index (χ2n) is 7.14. The maximum atomic E-state index is 13.7. The van der Waals surface area contributed by atoms with Crippen LogP contribution in [0.2, 0.25) is 0 Å². The fourth-order valence-electron chi connectivity index (χ4n) is 3.82. The van der Waals surface area contributed by atoms with Gasteiger partial charge >= 0.3 is 5.91 Å². The Hall–Kier alpha value is -4.02. The summed E-state index contributed by atoms with van der Waals surface area (Å²) in [6.07, 6.45) is -0.504. The Morgan fingerprint density at radius 2 is 1.64 bits per heavy atom. The number of primary sulfonamides is 1. The van der Waals surface area contributed by atoms with Gasteiger partial charge in [0.1, 0.15) is 0 Å². The van der Waals surface area contributed by atoms with Crippen LogP contribution < -0.4 is 20.9 Å². The van der Waals surface area contributed by atoms with Gasteiger partial charge in [-0.15, -0.1) is 9.87 Å². The number of fused-ring (bicyclic) bond motifs is 3. The molecule has 0 fully saturated rings. The Labute approximate surface area is 184 Å². The van der Waals surface area contributed by atoms with Crippen molar-refractivity contribution in [3.63, 3.8) is 0 Å². The van der Waals surface area contributed by atoms with Crippen molar-refractivity contribution in [2.45, 2.75) is 11.3 Å². The summed E-state index contributed by atoms with van der Waals surface area (Å²) in [5.41, 5.74) is -1.81. The first-order valence-corrected chi connectivity index (χ1v) is 10.6. The van der Waals surface area contributed by atoms with Gasteiger partial charge in [0.25, 0.3) is 11.4 Å². The lowest BCUT2D eigenvalue weighted by atomic mass is 10.0. The molecule has 1 amide bonds. The lowest BCUT2D eigenvalue weighted by Crippen LogP contribution is -2.63. The van der Waals surface area contributed by atoms with E-state index < -0.39 is 53.2 Å². The predicted octanol–water partition coefficient (Wildman–Crippen LogP) is 1.49. The third kappa shape index (κ3) is 3.27. The molecule has 3 aromatic rings. The normalized spacial score (nSPS) is 17.7. The summed E-state index contributed by atoms with van der Waals surface area (Å²) in [4.78, 5) is 33.2. The molecule has 4 N–H and O–H groups in total. The van der Waals surface area contributed by atoms with Crippen LogP contribution in [-0.4, -0.2) is 24.2 Å². The van der Waals surface area contributed by atoms with Gasteiger partial charge in [-0.05, 0) is 29.0 Å². The SMILES string of the molecule is NN(c1ccccc1[N+](=O)[O-])[N+]1([O-])C(=O)Cc2c1ccc1cc(S(N)(=O)=O)c([N+](=O)[O-])cc21. The third-order valence-electron chi connectivity index (χ3n) is 5.31. The van der Waals surface area contributed by atoms with Gasteiger partial charge in [-0.2, -0.15) is 0 Å². The molecule has 170 valence electrons. The highest BCUT2D eigenvalue weighted by Crippen LogP contribution is 2.44. The van der Waals surface area contributed by atoms with Crippen LogP contribution in [0.4, 0.5) is 22.7 Å². The minimum absolute atomic E-state index is 0.0746. The lowest BCUT2D eigenvalue weighted by Gasteiger charge is -2.41. The Morgan fingerprint density at radius 1 is 1.00 bits per heavy atom. The van der Waals surface area contributed by atoms with E-state index in [1.807, 2.05) is 0 Å². The monoisotopic (exact) mass is 474 g/mol. The van der Waals surface area contributed by atoms with Crippen LogP contribution in [0.5, 0.6) is 0 Å². The van der Waals surface area contributed by atoms with Crippen molar-refractivity contribution in [1.82, 2.24) is 4.76 Å². The van der Waals surface area contributed by atoms with Gasteiger partial charge in [-0.25, -0.2) is 24.2 Å². The number of carbonyl (C=O) groups is 1. The molecular weight excluding hydrogens is 460 g/mol. The molecule has 33 heavy (non-hydrogen) atoms. The number of quaternary nitrogens is 1. The number of hydrogen-bond acceptors (Lipinski definition) is 10. The third-order valence-corrected chi connectivity index (χ3v) is 6.25. The molecule has 1 aliphatic rings. The number of para-hydroxylation sites is 2. The number of carbonyl (C=O) groups excluding carboxylic acids is 1. The standard InChI is InChI=1S/C18H14N6O8S/c19-21(13-3-1-2-4-14(13)22(26)27)24(30)16-6-5-10-7-17(33(20,31)32)15(23(28)29)8-11(10)12(16)9-18(24)25/h1-8H,9,19H2,(H2,20,31,32). The highest BCUT2D eigenvalue weighted by molar-refractivity contribution is 7.89. The van der Waals surface area contributed by atoms with Gasteiger partial charge in [0.2, 0.25) is 10.0 Å². The molecular formula is C18H14N6O8S. The highest BCUT2D eigenvalue weighted by Gasteiger charge is 2.47. The zero-order chi connectivity index (χ0) is 24.3. The highest BCUT2D eigenvalue weighted by atomic mass is 32.2. The maximum Gasteiger partial charge on any atom is 0.349 e. The predicted molar refractivity (Wildman–Crippen MR) is 116 cm³/mol. The molecule has 1 unspecified atom stereocenters. The second-order valence-corrected chi connectivity index (χ2v) is 8.67. The molecule has 0 saturated carbocycles. The molecule has 1 heterocycles. The fourth-order valence-corrected chi connectivity index (χ4v) is 4.54. The second kappa shape index (κ2) is 7.26. The number of sulfonamides is 1. The van der Waals surface area contributed by atoms with E-state index in [0.717, 1.165) is 18.2 Å². The van der Waals surface area contributed by atoms with Crippen LogP contribution in [-0.2, 0) is 21.2 Å². The zero-order valence-corrected chi connectivity index (χ0v) is 17.3. The van der Waals surface area contributed by atoms with E-state index in [0.29, 0.717) is 5.12 Å². The van der Waals surface area contributed by atoms with Crippen molar-refractivity contribution in [3.05, 3.63) is 79.5 Å².